The molecule has 1 unspecified atom stereocenters. The van der Waals surface area contributed by atoms with Gasteiger partial charge in [0, 0.05) is 17.4 Å². The molecule has 112 valence electrons. The number of halogens is 2. The van der Waals surface area contributed by atoms with Crippen LogP contribution >= 0.6 is 23.2 Å². The Balaban J connectivity index is 2.17. The molecule has 1 N–H and O–H groups in total. The predicted octanol–water partition coefficient (Wildman–Crippen LogP) is 5.18. The summed E-state index contributed by atoms with van der Waals surface area (Å²) in [6.45, 7) is 2.17. The second kappa shape index (κ2) is 5.33. The number of carbonyl (C=O) groups is 1. The molecule has 2 aliphatic carbocycles. The van der Waals surface area contributed by atoms with Gasteiger partial charge in [0.2, 0.25) is 0 Å². The van der Waals surface area contributed by atoms with Gasteiger partial charge in [-0.2, -0.15) is 0 Å². The Kier molecular flexibility index (Phi) is 3.79. The summed E-state index contributed by atoms with van der Waals surface area (Å²) in [6.07, 6.45) is 7.34. The van der Waals surface area contributed by atoms with Crippen LogP contribution in [0.25, 0.3) is 5.57 Å². The zero-order chi connectivity index (χ0) is 15.2. The second-order valence-electron chi connectivity index (χ2n) is 6.14. The first-order valence-corrected chi connectivity index (χ1v) is 8.19. The van der Waals surface area contributed by atoms with Crippen LogP contribution in [0.15, 0.2) is 12.1 Å². The minimum atomic E-state index is -0.00693. The van der Waals surface area contributed by atoms with E-state index in [4.69, 9.17) is 23.2 Å². The number of phenols is 1. The third-order valence-corrected chi connectivity index (χ3v) is 5.66. The van der Waals surface area contributed by atoms with E-state index < -0.39 is 0 Å². The maximum absolute atomic E-state index is 11.9. The molecule has 1 aromatic rings. The highest BCUT2D eigenvalue weighted by atomic mass is 35.5. The van der Waals surface area contributed by atoms with E-state index in [0.717, 1.165) is 48.8 Å². The van der Waals surface area contributed by atoms with E-state index in [2.05, 4.69) is 6.92 Å². The average molecular weight is 325 g/mol. The van der Waals surface area contributed by atoms with Crippen LogP contribution in [0.5, 0.6) is 5.75 Å². The van der Waals surface area contributed by atoms with Gasteiger partial charge >= 0.3 is 0 Å². The fraction of sp³-hybridized carbons (Fsp3) is 0.471. The van der Waals surface area contributed by atoms with Crippen molar-refractivity contribution in [2.24, 2.45) is 5.41 Å². The van der Waals surface area contributed by atoms with E-state index in [9.17, 15) is 9.90 Å². The van der Waals surface area contributed by atoms with Gasteiger partial charge in [0.1, 0.15) is 10.8 Å². The van der Waals surface area contributed by atoms with E-state index in [-0.39, 0.29) is 22.0 Å². The molecule has 0 spiro atoms. The van der Waals surface area contributed by atoms with E-state index in [0.29, 0.717) is 11.4 Å². The summed E-state index contributed by atoms with van der Waals surface area (Å²) in [6, 6.07) is 1.71. The molecule has 0 fully saturated rings. The molecular formula is C17H18Cl2O2. The molecular weight excluding hydrogens is 307 g/mol. The third-order valence-electron chi connectivity index (χ3n) is 4.80. The van der Waals surface area contributed by atoms with Crippen LogP contribution in [0.4, 0.5) is 0 Å². The lowest BCUT2D eigenvalue weighted by Crippen LogP contribution is -2.25. The molecule has 0 aliphatic heterocycles. The normalized spacial score (nSPS) is 23.8. The summed E-state index contributed by atoms with van der Waals surface area (Å²) in [5.74, 6) is 0.182. The SMILES string of the molecule is CCCCC12CCC(=O)C=C1c1c(cc(O)c(Cl)c1Cl)C2. The van der Waals surface area contributed by atoms with Crippen molar-refractivity contribution in [1.29, 1.82) is 0 Å². The number of hydrogen-bond donors (Lipinski definition) is 1. The quantitative estimate of drug-likeness (QED) is 0.831. The Morgan fingerprint density at radius 3 is 2.81 bits per heavy atom. The van der Waals surface area contributed by atoms with Crippen LogP contribution in [0.3, 0.4) is 0 Å². The summed E-state index contributed by atoms with van der Waals surface area (Å²) in [4.78, 5) is 11.9. The maximum atomic E-state index is 11.9. The van der Waals surface area contributed by atoms with Gasteiger partial charge in [-0.3, -0.25) is 4.79 Å². The van der Waals surface area contributed by atoms with Gasteiger partial charge in [0.05, 0.1) is 5.02 Å². The highest BCUT2D eigenvalue weighted by Crippen LogP contribution is 2.58. The summed E-state index contributed by atoms with van der Waals surface area (Å²) in [5.41, 5.74) is 2.92. The lowest BCUT2D eigenvalue weighted by Gasteiger charge is -2.34. The van der Waals surface area contributed by atoms with Crippen LogP contribution in [0, 0.1) is 5.41 Å². The smallest absolute Gasteiger partial charge is 0.156 e. The molecule has 0 heterocycles. The van der Waals surface area contributed by atoms with Crippen molar-refractivity contribution >= 4 is 34.6 Å². The Morgan fingerprint density at radius 2 is 2.10 bits per heavy atom. The van der Waals surface area contributed by atoms with Gasteiger partial charge in [-0.15, -0.1) is 0 Å². The highest BCUT2D eigenvalue weighted by Gasteiger charge is 2.45. The number of rotatable bonds is 3. The minimum absolute atomic E-state index is 0.00693. The molecule has 1 atom stereocenters. The lowest BCUT2D eigenvalue weighted by atomic mass is 9.69. The van der Waals surface area contributed by atoms with Gasteiger partial charge in [-0.25, -0.2) is 0 Å². The number of hydrogen-bond acceptors (Lipinski definition) is 2. The fourth-order valence-electron chi connectivity index (χ4n) is 3.73. The standard InChI is InChI=1S/C17H18Cl2O2/c1-2-3-5-17-6-4-11(20)8-12(17)14-10(9-17)7-13(21)15(18)16(14)19/h7-8,21H,2-6,9H2,1H3. The molecule has 0 radical (unpaired) electrons. The van der Waals surface area contributed by atoms with Gasteiger partial charge < -0.3 is 5.11 Å². The molecule has 0 saturated carbocycles. The second-order valence-corrected chi connectivity index (χ2v) is 6.90. The van der Waals surface area contributed by atoms with E-state index in [1.807, 2.05) is 0 Å². The van der Waals surface area contributed by atoms with Crippen molar-refractivity contribution in [1.82, 2.24) is 0 Å². The molecule has 0 amide bonds. The van der Waals surface area contributed by atoms with Gasteiger partial charge in [0.25, 0.3) is 0 Å². The van der Waals surface area contributed by atoms with Crippen molar-refractivity contribution in [2.75, 3.05) is 0 Å². The number of allylic oxidation sites excluding steroid dienone is 2. The van der Waals surface area contributed by atoms with Gasteiger partial charge in [-0.1, -0.05) is 43.0 Å². The Hall–Kier alpha value is -0.990. The zero-order valence-electron chi connectivity index (χ0n) is 12.0. The number of fused-ring (bicyclic) bond motifs is 3. The van der Waals surface area contributed by atoms with Crippen molar-refractivity contribution in [3.05, 3.63) is 33.3 Å². The first-order valence-electron chi connectivity index (χ1n) is 7.44. The predicted molar refractivity (Wildman–Crippen MR) is 86.0 cm³/mol. The third kappa shape index (κ3) is 2.29. The van der Waals surface area contributed by atoms with Crippen LogP contribution in [-0.2, 0) is 11.2 Å². The van der Waals surface area contributed by atoms with Gasteiger partial charge in [-0.05, 0) is 42.5 Å². The van der Waals surface area contributed by atoms with Crippen LogP contribution in [0.2, 0.25) is 10.0 Å². The molecule has 2 aliphatic rings. The fourth-order valence-corrected chi connectivity index (χ4v) is 4.20. The monoisotopic (exact) mass is 324 g/mol. The Bertz CT molecular complexity index is 649. The molecule has 4 heteroatoms. The zero-order valence-corrected chi connectivity index (χ0v) is 13.5. The summed E-state index contributed by atoms with van der Waals surface area (Å²) in [5, 5.41) is 10.5. The molecule has 2 nitrogen and oxygen atoms in total. The highest BCUT2D eigenvalue weighted by molar-refractivity contribution is 6.44. The molecule has 0 aromatic heterocycles. The van der Waals surface area contributed by atoms with Gasteiger partial charge in [0.15, 0.2) is 5.78 Å². The number of unbranched alkanes of at least 4 members (excludes halogenated alkanes) is 1. The number of benzene rings is 1. The van der Waals surface area contributed by atoms with E-state index in [1.54, 1.807) is 12.1 Å². The van der Waals surface area contributed by atoms with Crippen LogP contribution < -0.4 is 0 Å². The number of carbonyl (C=O) groups excluding carboxylic acids is 1. The minimum Gasteiger partial charge on any atom is -0.506 e. The van der Waals surface area contributed by atoms with Crippen LogP contribution in [0.1, 0.15) is 50.2 Å². The molecule has 21 heavy (non-hydrogen) atoms. The largest absolute Gasteiger partial charge is 0.506 e. The Labute approximate surface area is 134 Å². The van der Waals surface area contributed by atoms with Crippen molar-refractivity contribution < 1.29 is 9.90 Å². The molecule has 0 bridgehead atoms. The molecule has 1 aromatic carbocycles. The maximum Gasteiger partial charge on any atom is 0.156 e. The number of phenolic OH excluding ortho intramolecular Hbond substituents is 1. The molecule has 0 saturated heterocycles. The topological polar surface area (TPSA) is 37.3 Å². The summed E-state index contributed by atoms with van der Waals surface area (Å²) in [7, 11) is 0. The van der Waals surface area contributed by atoms with Crippen molar-refractivity contribution in [3.8, 4) is 5.75 Å². The van der Waals surface area contributed by atoms with Crippen LogP contribution in [-0.4, -0.2) is 10.9 Å². The lowest BCUT2D eigenvalue weighted by molar-refractivity contribution is -0.115. The number of ketones is 1. The van der Waals surface area contributed by atoms with Crippen molar-refractivity contribution in [2.45, 2.75) is 45.4 Å². The van der Waals surface area contributed by atoms with E-state index in [1.165, 1.54) is 0 Å². The Morgan fingerprint density at radius 1 is 1.33 bits per heavy atom. The summed E-state index contributed by atoms with van der Waals surface area (Å²) < 4.78 is 0. The first kappa shape index (κ1) is 14.9. The molecule has 3 rings (SSSR count). The number of aromatic hydroxyl groups is 1. The summed E-state index contributed by atoms with van der Waals surface area (Å²) >= 11 is 12.4. The first-order chi connectivity index (χ1) is 9.98. The van der Waals surface area contributed by atoms with Crippen molar-refractivity contribution in [3.63, 3.8) is 0 Å². The van der Waals surface area contributed by atoms with E-state index >= 15 is 0 Å². The average Bonchev–Trinajstić information content (AvgIpc) is 2.76.